The van der Waals surface area contributed by atoms with E-state index in [2.05, 4.69) is 201 Å². The van der Waals surface area contributed by atoms with Crippen LogP contribution in [0.2, 0.25) is 0 Å². The molecule has 4 N–H and O–H groups in total. The van der Waals surface area contributed by atoms with Crippen molar-refractivity contribution in [2.45, 2.75) is 67.5 Å². The molecule has 368 valence electrons. The molecule has 10 aromatic rings. The molecule has 2 nitrogen and oxygen atoms in total. The fourth-order valence-corrected chi connectivity index (χ4v) is 16.1. The van der Waals surface area contributed by atoms with Crippen LogP contribution in [0.25, 0.3) is 32.7 Å². The average Bonchev–Trinajstić information content (AvgIpc) is 3.36. The third-order valence-corrected chi connectivity index (χ3v) is 18.0. The quantitative estimate of drug-likeness (QED) is 0.106. The van der Waals surface area contributed by atoms with E-state index in [0.29, 0.717) is 0 Å². The molecule has 0 amide bonds. The Hall–Kier alpha value is -5.30. The molecule has 2 atom stereocenters. The zero-order valence-electron chi connectivity index (χ0n) is 42.9. The van der Waals surface area contributed by atoms with Gasteiger partial charge in [-0.3, -0.25) is 0 Å². The molecule has 0 radical (unpaired) electrons. The van der Waals surface area contributed by atoms with Crippen LogP contribution in [-0.4, -0.2) is 0 Å². The first-order valence-corrected chi connectivity index (χ1v) is 31.8. The zero-order valence-corrected chi connectivity index (χ0v) is 48.0. The topological polar surface area (TPSA) is 52.0 Å². The first-order valence-electron chi connectivity index (χ1n) is 24.7. The van der Waals surface area contributed by atoms with Gasteiger partial charge in [0.05, 0.1) is 0 Å². The Morgan fingerprint density at radius 1 is 0.329 bits per heavy atom. The predicted molar refractivity (Wildman–Crippen MR) is 321 cm³/mol. The van der Waals surface area contributed by atoms with E-state index in [-0.39, 0.29) is 27.2 Å². The molecule has 0 bridgehead atoms. The van der Waals surface area contributed by atoms with E-state index in [4.69, 9.17) is 30.8 Å². The standard InChI is InChI=1S/C52H48P2.C14H16N2.2ClH.Ru/c1-33-21-34(2)26-43(25-33)53(44-27-35(3)22-36(4)28-44)49-19-17-41-13-9-11-15-47(41)51(49)52-48-16-12-10-14-42(48)18-20-50(52)54(45-29-37(5)23-38(6)30-45)46-31-39(7)24-40(8)32-46;15-13(11-7-3-1-4-8-11)14(16)12-9-5-2-6-10-12;;;/h9-32H,1-8H3;1-10,13-14H,15-16H2;2*1H;/q;;;;+4/p-2/t;13-,14-;;;/m.1.../s1. The Bertz CT molecular complexity index is 3090. The van der Waals surface area contributed by atoms with E-state index in [1.165, 1.54) is 109 Å². The van der Waals surface area contributed by atoms with Crippen LogP contribution in [0.15, 0.2) is 206 Å². The molecule has 0 aliphatic rings. The molecule has 7 heteroatoms. The fourth-order valence-electron chi connectivity index (χ4n) is 10.4. The van der Waals surface area contributed by atoms with Crippen molar-refractivity contribution in [3.63, 3.8) is 0 Å². The Kier molecular flexibility index (Phi) is 18.4. The van der Waals surface area contributed by atoms with E-state index in [1.54, 1.807) is 0 Å². The van der Waals surface area contributed by atoms with Gasteiger partial charge < -0.3 is 11.5 Å². The van der Waals surface area contributed by atoms with Crippen LogP contribution in [0.3, 0.4) is 0 Å². The van der Waals surface area contributed by atoms with Gasteiger partial charge in [0.1, 0.15) is 0 Å². The Morgan fingerprint density at radius 2 is 0.575 bits per heavy atom. The maximum absolute atomic E-state index is 6.15. The Balaban J connectivity index is 0.000000314. The number of hydrogen-bond acceptors (Lipinski definition) is 2. The number of halogens is 2. The summed E-state index contributed by atoms with van der Waals surface area (Å²) in [5.74, 6) is 0. The van der Waals surface area contributed by atoms with Crippen LogP contribution < -0.4 is 43.3 Å². The molecule has 0 unspecified atom stereocenters. The minimum absolute atomic E-state index is 0.163. The second-order valence-corrected chi connectivity index (χ2v) is 26.3. The number of aryl methyl sites for hydroxylation is 8. The van der Waals surface area contributed by atoms with Crippen molar-refractivity contribution in [2.24, 2.45) is 11.5 Å². The predicted octanol–water partition coefficient (Wildman–Crippen LogP) is 15.4. The third kappa shape index (κ3) is 13.0. The van der Waals surface area contributed by atoms with Crippen molar-refractivity contribution >= 4 is 88.6 Å². The fraction of sp³-hybridized carbons (Fsp3) is 0.152. The zero-order chi connectivity index (χ0) is 51.8. The number of rotatable bonds is 10. The molecule has 73 heavy (non-hydrogen) atoms. The Morgan fingerprint density at radius 3 is 0.849 bits per heavy atom. The van der Waals surface area contributed by atoms with Gasteiger partial charge in [0.15, 0.2) is 0 Å². The number of benzene rings is 10. The summed E-state index contributed by atoms with van der Waals surface area (Å²) in [7, 11) is 7.83. The van der Waals surface area contributed by atoms with Crippen molar-refractivity contribution in [1.82, 2.24) is 0 Å². The van der Waals surface area contributed by atoms with Crippen molar-refractivity contribution in [3.05, 3.63) is 262 Å². The van der Waals surface area contributed by atoms with E-state index in [1.807, 2.05) is 60.7 Å². The van der Waals surface area contributed by atoms with Crippen LogP contribution in [0.5, 0.6) is 0 Å². The van der Waals surface area contributed by atoms with Crippen molar-refractivity contribution in [3.8, 4) is 11.1 Å². The van der Waals surface area contributed by atoms with Crippen LogP contribution in [0.1, 0.15) is 67.7 Å². The van der Waals surface area contributed by atoms with Gasteiger partial charge in [0, 0.05) is 12.1 Å². The molecule has 0 aromatic heterocycles. The molecule has 10 aromatic carbocycles. The molecule has 10 rings (SSSR count). The monoisotopic (exact) mass is 1120 g/mol. The first-order chi connectivity index (χ1) is 35.2. The third-order valence-electron chi connectivity index (χ3n) is 13.2. The molecule has 0 saturated carbocycles. The van der Waals surface area contributed by atoms with E-state index >= 15 is 0 Å². The van der Waals surface area contributed by atoms with E-state index in [0.717, 1.165) is 11.1 Å². The average molecular weight is 1120 g/mol. The second kappa shape index (κ2) is 24.8. The molecule has 0 aliphatic carbocycles. The maximum atomic E-state index is 6.15. The van der Waals surface area contributed by atoms with Gasteiger partial charge >= 0.3 is 34.5 Å². The van der Waals surface area contributed by atoms with E-state index in [9.17, 15) is 0 Å². The minimum atomic E-state index is -0.937. The van der Waals surface area contributed by atoms with Gasteiger partial charge in [0.25, 0.3) is 0 Å². The number of hydrogen-bond donors (Lipinski definition) is 2. The van der Waals surface area contributed by atoms with Crippen LogP contribution in [-0.2, 0) is 15.1 Å². The van der Waals surface area contributed by atoms with Crippen molar-refractivity contribution < 1.29 is 15.1 Å². The summed E-state index contributed by atoms with van der Waals surface area (Å²) in [5.41, 5.74) is 27.6. The van der Waals surface area contributed by atoms with Gasteiger partial charge in [-0.2, -0.15) is 0 Å². The SMILES string of the molecule is Cc1cc(C)cc(P(c2cc(C)cc(C)c2)c2ccc3ccccc3c2-c2c(P(c3cc(C)cc(C)c3)c3cc(C)cc(C)c3)ccc3ccccc23)c1.N[C@H](c1ccccc1)[C@H](N)c1ccccc1.[Cl][Ru+2][Cl]. The second-order valence-electron chi connectivity index (χ2n) is 19.3. The molecule has 0 heterocycles. The van der Waals surface area contributed by atoms with Gasteiger partial charge in [-0.25, -0.2) is 0 Å². The number of fused-ring (bicyclic) bond motifs is 2. The van der Waals surface area contributed by atoms with Gasteiger partial charge in [0.2, 0.25) is 0 Å². The summed E-state index contributed by atoms with van der Waals surface area (Å²) in [6, 6.07) is 76.2. The summed E-state index contributed by atoms with van der Waals surface area (Å²) in [4.78, 5) is 0. The summed E-state index contributed by atoms with van der Waals surface area (Å²) < 4.78 is 0. The molecule has 0 spiro atoms. The van der Waals surface area contributed by atoms with Gasteiger partial charge in [-0.1, -0.05) is 251 Å². The first kappa shape index (κ1) is 54.0. The summed E-state index contributed by atoms with van der Waals surface area (Å²) in [5, 5.41) is 13.6. The van der Waals surface area contributed by atoms with Gasteiger partial charge in [-0.05, 0) is 147 Å². The van der Waals surface area contributed by atoms with Crippen LogP contribution >= 0.6 is 35.2 Å². The number of nitrogens with two attached hydrogens (primary N) is 2. The molecule has 0 saturated heterocycles. The van der Waals surface area contributed by atoms with E-state index < -0.39 is 15.8 Å². The van der Waals surface area contributed by atoms with Gasteiger partial charge in [-0.15, -0.1) is 0 Å². The summed E-state index contributed by atoms with van der Waals surface area (Å²) in [6.45, 7) is 18.0. The molecule has 0 aliphatic heterocycles. The van der Waals surface area contributed by atoms with Crippen molar-refractivity contribution in [1.29, 1.82) is 0 Å². The molecular formula is C66H64Cl2N2P2Ru+2. The normalized spacial score (nSPS) is 12.0. The van der Waals surface area contributed by atoms with Crippen LogP contribution in [0.4, 0.5) is 0 Å². The molecular weight excluding hydrogens is 1050 g/mol. The Labute approximate surface area is 452 Å². The summed E-state index contributed by atoms with van der Waals surface area (Å²) >= 11 is -0.346. The molecule has 0 fully saturated rings. The summed E-state index contributed by atoms with van der Waals surface area (Å²) in [6.07, 6.45) is 0. The van der Waals surface area contributed by atoms with Crippen LogP contribution in [0, 0.1) is 55.4 Å². The van der Waals surface area contributed by atoms with Crippen molar-refractivity contribution in [2.75, 3.05) is 0 Å².